The molecular weight excluding hydrogens is 388 g/mol. The van der Waals surface area contributed by atoms with Crippen LogP contribution >= 0.6 is 24.0 Å². The van der Waals surface area contributed by atoms with Gasteiger partial charge in [-0.05, 0) is 30.2 Å². The van der Waals surface area contributed by atoms with E-state index in [9.17, 15) is 14.4 Å². The first-order valence-corrected chi connectivity index (χ1v) is 9.49. The van der Waals surface area contributed by atoms with Crippen LogP contribution in [-0.4, -0.2) is 51.8 Å². The fourth-order valence-corrected chi connectivity index (χ4v) is 3.67. The summed E-state index contributed by atoms with van der Waals surface area (Å²) in [6.45, 7) is 1.78. The second kappa shape index (κ2) is 9.52. The Morgan fingerprint density at radius 2 is 2.04 bits per heavy atom. The SMILES string of the molecule is CCC(NC(=O)CCN1C(=O)/C(=C/c2ccc(OC)cc2)SC1=S)C(=O)O. The molecule has 0 aliphatic carbocycles. The molecule has 1 aromatic carbocycles. The number of carbonyl (C=O) groups excluding carboxylic acids is 2. The van der Waals surface area contributed by atoms with Crippen LogP contribution in [0.2, 0.25) is 0 Å². The maximum atomic E-state index is 12.5. The number of thioether (sulfide) groups is 1. The lowest BCUT2D eigenvalue weighted by Crippen LogP contribution is -2.42. The molecule has 0 spiro atoms. The predicted octanol–water partition coefficient (Wildman–Crippen LogP) is 2.27. The van der Waals surface area contributed by atoms with Crippen LogP contribution in [0.3, 0.4) is 0 Å². The number of carbonyl (C=O) groups is 3. The van der Waals surface area contributed by atoms with E-state index >= 15 is 0 Å². The zero-order valence-electron chi connectivity index (χ0n) is 14.9. The standard InChI is InChI=1S/C18H20N2O5S2/c1-3-13(17(23)24)19-15(21)8-9-20-16(22)14(27-18(20)26)10-11-4-6-12(25-2)7-5-11/h4-7,10,13H,3,8-9H2,1-2H3,(H,19,21)(H,23,24)/b14-10-. The summed E-state index contributed by atoms with van der Waals surface area (Å²) in [4.78, 5) is 37.3. The smallest absolute Gasteiger partial charge is 0.326 e. The summed E-state index contributed by atoms with van der Waals surface area (Å²) >= 11 is 6.41. The maximum Gasteiger partial charge on any atom is 0.326 e. The Labute approximate surface area is 166 Å². The topological polar surface area (TPSA) is 95.9 Å². The quantitative estimate of drug-likeness (QED) is 0.503. The second-order valence-electron chi connectivity index (χ2n) is 5.72. The van der Waals surface area contributed by atoms with Crippen molar-refractivity contribution < 1.29 is 24.2 Å². The Kier molecular flexibility index (Phi) is 7.37. The van der Waals surface area contributed by atoms with Crippen molar-refractivity contribution in [2.45, 2.75) is 25.8 Å². The summed E-state index contributed by atoms with van der Waals surface area (Å²) in [7, 11) is 1.58. The predicted molar refractivity (Wildman–Crippen MR) is 107 cm³/mol. The van der Waals surface area contributed by atoms with E-state index in [2.05, 4.69) is 5.32 Å². The van der Waals surface area contributed by atoms with E-state index in [0.717, 1.165) is 11.3 Å². The average Bonchev–Trinajstić information content (AvgIpc) is 2.91. The summed E-state index contributed by atoms with van der Waals surface area (Å²) in [5, 5.41) is 11.4. The average molecular weight is 409 g/mol. The summed E-state index contributed by atoms with van der Waals surface area (Å²) in [5.41, 5.74) is 0.835. The van der Waals surface area contributed by atoms with Gasteiger partial charge in [-0.3, -0.25) is 14.5 Å². The molecule has 2 amide bonds. The molecule has 1 aromatic rings. The zero-order chi connectivity index (χ0) is 20.0. The normalized spacial score (nSPS) is 16.5. The minimum absolute atomic E-state index is 0.0218. The van der Waals surface area contributed by atoms with E-state index in [0.29, 0.717) is 9.23 Å². The van der Waals surface area contributed by atoms with Crippen LogP contribution < -0.4 is 10.1 Å². The van der Waals surface area contributed by atoms with Crippen LogP contribution in [-0.2, 0) is 14.4 Å². The lowest BCUT2D eigenvalue weighted by atomic mass is 10.2. The molecule has 0 bridgehead atoms. The Morgan fingerprint density at radius 1 is 1.37 bits per heavy atom. The van der Waals surface area contributed by atoms with Crippen molar-refractivity contribution in [2.75, 3.05) is 13.7 Å². The van der Waals surface area contributed by atoms with Crippen molar-refractivity contribution in [2.24, 2.45) is 0 Å². The molecule has 144 valence electrons. The highest BCUT2D eigenvalue weighted by Gasteiger charge is 2.32. The monoisotopic (exact) mass is 408 g/mol. The number of hydrogen-bond donors (Lipinski definition) is 2. The van der Waals surface area contributed by atoms with E-state index in [1.807, 2.05) is 12.1 Å². The summed E-state index contributed by atoms with van der Waals surface area (Å²) in [6.07, 6.45) is 2.00. The Balaban J connectivity index is 1.98. The highest BCUT2D eigenvalue weighted by atomic mass is 32.2. The molecule has 2 rings (SSSR count). The molecule has 7 nitrogen and oxygen atoms in total. The number of benzene rings is 1. The van der Waals surface area contributed by atoms with Gasteiger partial charge in [0.25, 0.3) is 5.91 Å². The molecule has 1 aliphatic heterocycles. The summed E-state index contributed by atoms with van der Waals surface area (Å²) in [5.74, 6) is -1.06. The number of hydrogen-bond acceptors (Lipinski definition) is 6. The van der Waals surface area contributed by atoms with Gasteiger partial charge in [0, 0.05) is 13.0 Å². The number of thiocarbonyl (C=S) groups is 1. The summed E-state index contributed by atoms with van der Waals surface area (Å²) in [6, 6.07) is 6.32. The zero-order valence-corrected chi connectivity index (χ0v) is 16.6. The Bertz CT molecular complexity index is 776. The number of ether oxygens (including phenoxy) is 1. The van der Waals surface area contributed by atoms with Gasteiger partial charge in [-0.2, -0.15) is 0 Å². The Hall–Kier alpha value is -2.39. The second-order valence-corrected chi connectivity index (χ2v) is 7.40. The van der Waals surface area contributed by atoms with E-state index < -0.39 is 17.9 Å². The van der Waals surface area contributed by atoms with Gasteiger partial charge in [0.05, 0.1) is 12.0 Å². The van der Waals surface area contributed by atoms with E-state index in [1.165, 1.54) is 16.7 Å². The Morgan fingerprint density at radius 3 is 2.59 bits per heavy atom. The number of rotatable bonds is 8. The lowest BCUT2D eigenvalue weighted by molar-refractivity contribution is -0.142. The fourth-order valence-electron chi connectivity index (χ4n) is 2.36. The lowest BCUT2D eigenvalue weighted by Gasteiger charge is -2.16. The van der Waals surface area contributed by atoms with Crippen molar-refractivity contribution in [3.8, 4) is 5.75 Å². The molecule has 1 aliphatic rings. The first kappa shape index (κ1) is 20.9. The summed E-state index contributed by atoms with van der Waals surface area (Å²) < 4.78 is 5.48. The van der Waals surface area contributed by atoms with Gasteiger partial charge in [0.2, 0.25) is 5.91 Å². The first-order valence-electron chi connectivity index (χ1n) is 8.27. The third kappa shape index (κ3) is 5.54. The van der Waals surface area contributed by atoms with Crippen LogP contribution in [0.4, 0.5) is 0 Å². The van der Waals surface area contributed by atoms with Gasteiger partial charge in [-0.1, -0.05) is 43.0 Å². The van der Waals surface area contributed by atoms with E-state index in [1.54, 1.807) is 32.2 Å². The number of amides is 2. The number of aliphatic carboxylic acids is 1. The molecule has 27 heavy (non-hydrogen) atoms. The molecule has 0 aromatic heterocycles. The van der Waals surface area contributed by atoms with Crippen LogP contribution in [0.5, 0.6) is 5.75 Å². The van der Waals surface area contributed by atoms with Crippen LogP contribution in [0, 0.1) is 0 Å². The molecule has 1 saturated heterocycles. The molecule has 1 heterocycles. The molecule has 1 fully saturated rings. The number of nitrogens with zero attached hydrogens (tertiary/aromatic N) is 1. The molecular formula is C18H20N2O5S2. The van der Waals surface area contributed by atoms with Crippen LogP contribution in [0.25, 0.3) is 6.08 Å². The molecule has 0 saturated carbocycles. The minimum Gasteiger partial charge on any atom is -0.497 e. The number of carboxylic acids is 1. The number of carboxylic acid groups (broad SMARTS) is 1. The van der Waals surface area contributed by atoms with Crippen molar-refractivity contribution in [3.05, 3.63) is 34.7 Å². The van der Waals surface area contributed by atoms with E-state index in [-0.39, 0.29) is 25.3 Å². The largest absolute Gasteiger partial charge is 0.497 e. The molecule has 1 unspecified atom stereocenters. The third-order valence-corrected chi connectivity index (χ3v) is 5.27. The third-order valence-electron chi connectivity index (χ3n) is 3.89. The highest BCUT2D eigenvalue weighted by molar-refractivity contribution is 8.26. The number of nitrogens with one attached hydrogen (secondary N) is 1. The number of methoxy groups -OCH3 is 1. The maximum absolute atomic E-state index is 12.5. The van der Waals surface area contributed by atoms with Gasteiger partial charge in [0.15, 0.2) is 0 Å². The molecule has 2 N–H and O–H groups in total. The molecule has 0 radical (unpaired) electrons. The van der Waals surface area contributed by atoms with Crippen molar-refractivity contribution in [1.82, 2.24) is 10.2 Å². The first-order chi connectivity index (χ1) is 12.8. The molecule has 1 atom stereocenters. The van der Waals surface area contributed by atoms with Gasteiger partial charge >= 0.3 is 5.97 Å². The van der Waals surface area contributed by atoms with Crippen LogP contribution in [0.15, 0.2) is 29.2 Å². The van der Waals surface area contributed by atoms with Gasteiger partial charge in [-0.25, -0.2) is 4.79 Å². The highest BCUT2D eigenvalue weighted by Crippen LogP contribution is 2.32. The van der Waals surface area contributed by atoms with E-state index in [4.69, 9.17) is 22.1 Å². The fraction of sp³-hybridized carbons (Fsp3) is 0.333. The van der Waals surface area contributed by atoms with Crippen molar-refractivity contribution in [3.63, 3.8) is 0 Å². The van der Waals surface area contributed by atoms with Crippen LogP contribution in [0.1, 0.15) is 25.3 Å². The molecule has 9 heteroatoms. The minimum atomic E-state index is -1.08. The van der Waals surface area contributed by atoms with Gasteiger partial charge in [-0.15, -0.1) is 0 Å². The van der Waals surface area contributed by atoms with Gasteiger partial charge in [0.1, 0.15) is 16.1 Å². The van der Waals surface area contributed by atoms with Crippen molar-refractivity contribution >= 4 is 52.2 Å². The van der Waals surface area contributed by atoms with Crippen molar-refractivity contribution in [1.29, 1.82) is 0 Å². The van der Waals surface area contributed by atoms with Gasteiger partial charge < -0.3 is 15.2 Å².